The van der Waals surface area contributed by atoms with Crippen LogP contribution in [0.1, 0.15) is 149 Å². The van der Waals surface area contributed by atoms with Gasteiger partial charge in [0.05, 0.1) is 0 Å². The molecule has 0 spiro atoms. The molecule has 0 aliphatic carbocycles. The van der Waals surface area contributed by atoms with Crippen LogP contribution in [0.5, 0.6) is 0 Å². The summed E-state index contributed by atoms with van der Waals surface area (Å²) in [6.45, 7) is 4.49. The Bertz CT molecular complexity index is 302. The Morgan fingerprint density at radius 1 is 0.571 bits per heavy atom. The highest BCUT2D eigenvalue weighted by Gasteiger charge is 1.96. The summed E-state index contributed by atoms with van der Waals surface area (Å²) in [6, 6.07) is 0. The number of aliphatic carboxylic acids is 1. The quantitative estimate of drug-likeness (QED) is 0.156. The first-order valence-electron chi connectivity index (χ1n) is 12.3. The van der Waals surface area contributed by atoms with Crippen LogP contribution in [0, 0.1) is 0 Å². The minimum absolute atomic E-state index is 0.344. The predicted octanol–water partition coefficient (Wildman–Crippen LogP) is 8.49. The van der Waals surface area contributed by atoms with Crippen LogP contribution >= 0.6 is 0 Å². The summed E-state index contributed by atoms with van der Waals surface area (Å²) < 4.78 is 0. The lowest BCUT2D eigenvalue weighted by molar-refractivity contribution is -0.137. The van der Waals surface area contributed by atoms with Crippen molar-refractivity contribution < 1.29 is 14.7 Å². The van der Waals surface area contributed by atoms with E-state index in [2.05, 4.69) is 13.8 Å². The lowest BCUT2D eigenvalue weighted by atomic mass is 10.1. The van der Waals surface area contributed by atoms with Gasteiger partial charge in [-0.1, -0.05) is 123 Å². The molecule has 0 aliphatic heterocycles. The molecule has 0 aromatic rings. The van der Waals surface area contributed by atoms with Gasteiger partial charge in [0, 0.05) is 12.8 Å². The lowest BCUT2D eigenvalue weighted by Crippen LogP contribution is -1.93. The molecule has 0 unspecified atom stereocenters. The second kappa shape index (κ2) is 28.4. The highest BCUT2D eigenvalue weighted by molar-refractivity contribution is 5.66. The van der Waals surface area contributed by atoms with Gasteiger partial charge in [0.1, 0.15) is 6.29 Å². The fourth-order valence-electron chi connectivity index (χ4n) is 3.30. The Kier molecular flexibility index (Phi) is 29.7. The number of carbonyl (C=O) groups is 2. The second-order valence-corrected chi connectivity index (χ2v) is 8.11. The molecule has 0 saturated carbocycles. The van der Waals surface area contributed by atoms with Gasteiger partial charge in [0.15, 0.2) is 0 Å². The average molecular weight is 399 g/mol. The van der Waals surface area contributed by atoms with Crippen LogP contribution in [0.25, 0.3) is 0 Å². The standard InChI is InChI=1S/C13H26O2.C12H24O/c1-2-3-4-5-6-7-8-9-10-11-12-13(14)15;1-2-3-4-5-6-7-8-9-10-11-12-13/h2-12H2,1H3,(H,14,15);12H,2-11H2,1H3. The van der Waals surface area contributed by atoms with Crippen molar-refractivity contribution in [2.45, 2.75) is 149 Å². The molecule has 0 atom stereocenters. The van der Waals surface area contributed by atoms with Gasteiger partial charge in [0.2, 0.25) is 0 Å². The fraction of sp³-hybridized carbons (Fsp3) is 0.920. The summed E-state index contributed by atoms with van der Waals surface area (Å²) in [5.74, 6) is -0.658. The molecule has 0 aromatic carbocycles. The molecule has 0 aliphatic rings. The Balaban J connectivity index is 0. The van der Waals surface area contributed by atoms with Crippen LogP contribution in [0.3, 0.4) is 0 Å². The predicted molar refractivity (Wildman–Crippen MR) is 122 cm³/mol. The van der Waals surface area contributed by atoms with Crippen molar-refractivity contribution in [2.75, 3.05) is 0 Å². The van der Waals surface area contributed by atoms with Crippen LogP contribution in [0.2, 0.25) is 0 Å². The van der Waals surface area contributed by atoms with E-state index in [0.717, 1.165) is 32.0 Å². The van der Waals surface area contributed by atoms with Gasteiger partial charge >= 0.3 is 5.97 Å². The van der Waals surface area contributed by atoms with Crippen molar-refractivity contribution in [1.29, 1.82) is 0 Å². The fourth-order valence-corrected chi connectivity index (χ4v) is 3.30. The summed E-state index contributed by atoms with van der Waals surface area (Å²) >= 11 is 0. The maximum Gasteiger partial charge on any atom is 0.303 e. The molecule has 0 aromatic heterocycles. The molecule has 0 rings (SSSR count). The average Bonchev–Trinajstić information content (AvgIpc) is 2.68. The van der Waals surface area contributed by atoms with Crippen LogP contribution in [0.4, 0.5) is 0 Å². The molecule has 3 nitrogen and oxygen atoms in total. The van der Waals surface area contributed by atoms with Gasteiger partial charge < -0.3 is 9.90 Å². The molecule has 0 heterocycles. The number of carboxylic acids is 1. The van der Waals surface area contributed by atoms with Crippen molar-refractivity contribution in [3.8, 4) is 0 Å². The number of hydrogen-bond donors (Lipinski definition) is 1. The van der Waals surface area contributed by atoms with Gasteiger partial charge in [0.25, 0.3) is 0 Å². The van der Waals surface area contributed by atoms with Gasteiger partial charge in [-0.2, -0.15) is 0 Å². The Morgan fingerprint density at radius 2 is 0.893 bits per heavy atom. The third-order valence-corrected chi connectivity index (χ3v) is 5.17. The lowest BCUT2D eigenvalue weighted by Gasteiger charge is -2.01. The van der Waals surface area contributed by atoms with Crippen molar-refractivity contribution in [2.24, 2.45) is 0 Å². The second-order valence-electron chi connectivity index (χ2n) is 8.11. The zero-order valence-corrected chi connectivity index (χ0v) is 19.2. The van der Waals surface area contributed by atoms with Crippen LogP contribution in [0.15, 0.2) is 0 Å². The summed E-state index contributed by atoms with van der Waals surface area (Å²) in [7, 11) is 0. The highest BCUT2D eigenvalue weighted by Crippen LogP contribution is 2.11. The van der Waals surface area contributed by atoms with Gasteiger partial charge in [-0.25, -0.2) is 0 Å². The number of carbonyl (C=O) groups excluding carboxylic acids is 1. The number of unbranched alkanes of at least 4 members (excludes halogenated alkanes) is 18. The monoisotopic (exact) mass is 398 g/mol. The van der Waals surface area contributed by atoms with Crippen molar-refractivity contribution >= 4 is 12.3 Å². The van der Waals surface area contributed by atoms with Crippen LogP contribution in [-0.4, -0.2) is 17.4 Å². The molecular formula is C25H50O3. The first kappa shape index (κ1) is 29.3. The Hall–Kier alpha value is -0.860. The number of carboxylic acid groups (broad SMARTS) is 1. The van der Waals surface area contributed by atoms with Crippen LogP contribution < -0.4 is 0 Å². The molecule has 1 N–H and O–H groups in total. The number of rotatable bonds is 21. The smallest absolute Gasteiger partial charge is 0.303 e. The van der Waals surface area contributed by atoms with Gasteiger partial charge in [-0.05, 0) is 12.8 Å². The van der Waals surface area contributed by atoms with E-state index in [1.165, 1.54) is 103 Å². The first-order chi connectivity index (χ1) is 13.7. The zero-order valence-electron chi connectivity index (χ0n) is 19.2. The Labute approximate surface area is 176 Å². The molecule has 0 bridgehead atoms. The minimum atomic E-state index is -0.658. The SMILES string of the molecule is CCCCCCCCCCCC=O.CCCCCCCCCCCCC(=O)O. The van der Waals surface area contributed by atoms with Crippen molar-refractivity contribution in [3.63, 3.8) is 0 Å². The molecule has 168 valence electrons. The summed E-state index contributed by atoms with van der Waals surface area (Å²) in [5, 5.41) is 8.44. The minimum Gasteiger partial charge on any atom is -0.481 e. The third kappa shape index (κ3) is 32.8. The summed E-state index contributed by atoms with van der Waals surface area (Å²) in [5.41, 5.74) is 0. The maximum atomic E-state index is 10.2. The third-order valence-electron chi connectivity index (χ3n) is 5.17. The first-order valence-corrected chi connectivity index (χ1v) is 12.3. The topological polar surface area (TPSA) is 54.4 Å². The van der Waals surface area contributed by atoms with E-state index in [0.29, 0.717) is 6.42 Å². The number of hydrogen-bond acceptors (Lipinski definition) is 2. The maximum absolute atomic E-state index is 10.2. The van der Waals surface area contributed by atoms with Crippen LogP contribution in [-0.2, 0) is 9.59 Å². The van der Waals surface area contributed by atoms with Gasteiger partial charge in [-0.3, -0.25) is 4.79 Å². The normalized spacial score (nSPS) is 10.4. The van der Waals surface area contributed by atoms with E-state index in [4.69, 9.17) is 5.11 Å². The molecular weight excluding hydrogens is 348 g/mol. The largest absolute Gasteiger partial charge is 0.481 e. The Morgan fingerprint density at radius 3 is 1.21 bits per heavy atom. The molecule has 28 heavy (non-hydrogen) atoms. The van der Waals surface area contributed by atoms with Crippen molar-refractivity contribution in [3.05, 3.63) is 0 Å². The van der Waals surface area contributed by atoms with E-state index < -0.39 is 5.97 Å². The highest BCUT2D eigenvalue weighted by atomic mass is 16.4. The molecule has 3 heteroatoms. The molecule has 0 radical (unpaired) electrons. The number of aldehydes is 1. The molecule has 0 amide bonds. The van der Waals surface area contributed by atoms with E-state index in [-0.39, 0.29) is 0 Å². The van der Waals surface area contributed by atoms with E-state index in [1.807, 2.05) is 0 Å². The summed E-state index contributed by atoms with van der Waals surface area (Å²) in [4.78, 5) is 20.2. The van der Waals surface area contributed by atoms with E-state index >= 15 is 0 Å². The summed E-state index contributed by atoms with van der Waals surface area (Å²) in [6.07, 6.45) is 26.7. The zero-order chi connectivity index (χ0) is 21.1. The van der Waals surface area contributed by atoms with Crippen molar-refractivity contribution in [1.82, 2.24) is 0 Å². The van der Waals surface area contributed by atoms with E-state index in [1.54, 1.807) is 0 Å². The molecule has 0 fully saturated rings. The van der Waals surface area contributed by atoms with Gasteiger partial charge in [-0.15, -0.1) is 0 Å². The molecule has 0 saturated heterocycles. The van der Waals surface area contributed by atoms with E-state index in [9.17, 15) is 9.59 Å².